The van der Waals surface area contributed by atoms with E-state index in [2.05, 4.69) is 30.4 Å². The first kappa shape index (κ1) is 30.4. The molecule has 1 aliphatic rings. The highest BCUT2D eigenvalue weighted by Crippen LogP contribution is 2.34. The van der Waals surface area contributed by atoms with E-state index < -0.39 is 17.0 Å². The summed E-state index contributed by atoms with van der Waals surface area (Å²) < 4.78 is 19.4. The van der Waals surface area contributed by atoms with Gasteiger partial charge in [-0.2, -0.15) is 4.98 Å². The second-order valence-corrected chi connectivity index (χ2v) is 11.4. The van der Waals surface area contributed by atoms with Crippen LogP contribution >= 0.6 is 11.6 Å². The molecule has 3 aromatic rings. The number of unbranched alkanes of at least 4 members (excludes halogenated alkanes) is 1. The summed E-state index contributed by atoms with van der Waals surface area (Å²) in [6.45, 7) is 4.54. The van der Waals surface area contributed by atoms with Gasteiger partial charge >= 0.3 is 5.97 Å². The lowest BCUT2D eigenvalue weighted by Gasteiger charge is -2.36. The molecule has 1 fully saturated rings. The summed E-state index contributed by atoms with van der Waals surface area (Å²) in [7, 11) is 2.18. The molecule has 0 spiro atoms. The Hall–Kier alpha value is -3.61. The smallest absolute Gasteiger partial charge is 0.303 e. The van der Waals surface area contributed by atoms with Gasteiger partial charge in [0.15, 0.2) is 5.82 Å². The van der Waals surface area contributed by atoms with Crippen molar-refractivity contribution >= 4 is 63.1 Å². The van der Waals surface area contributed by atoms with Crippen molar-refractivity contribution in [3.63, 3.8) is 0 Å². The maximum absolute atomic E-state index is 12.1. The molecule has 0 amide bonds. The molecule has 1 atom stereocenters. The Kier molecular flexibility index (Phi) is 10.6. The molecule has 1 unspecified atom stereocenters. The minimum absolute atomic E-state index is 0.229. The number of rotatable bonds is 13. The number of carbonyl (C=O) groups is 1. The van der Waals surface area contributed by atoms with Crippen LogP contribution in [0, 0.1) is 0 Å². The third-order valence-corrected chi connectivity index (χ3v) is 8.15. The molecule has 0 bridgehead atoms. The maximum Gasteiger partial charge on any atom is 0.303 e. The Bertz CT molecular complexity index is 1370. The van der Waals surface area contributed by atoms with Crippen LogP contribution in [0.25, 0.3) is 0 Å². The van der Waals surface area contributed by atoms with E-state index >= 15 is 0 Å². The van der Waals surface area contributed by atoms with Gasteiger partial charge in [-0.1, -0.05) is 23.7 Å². The molecular weight excluding hydrogens is 566 g/mol. The summed E-state index contributed by atoms with van der Waals surface area (Å²) in [6, 6.07) is 13.5. The highest BCUT2D eigenvalue weighted by molar-refractivity contribution is 7.85. The zero-order chi connectivity index (χ0) is 29.4. The van der Waals surface area contributed by atoms with Gasteiger partial charge in [0.25, 0.3) is 0 Å². The molecule has 11 nitrogen and oxygen atoms in total. The number of hydrogen-bond donors (Lipinski definition) is 3. The normalized spacial score (nSPS) is 14.4. The molecule has 0 aliphatic carbocycles. The van der Waals surface area contributed by atoms with E-state index in [1.807, 2.05) is 42.5 Å². The van der Waals surface area contributed by atoms with E-state index in [1.165, 1.54) is 6.20 Å². The van der Waals surface area contributed by atoms with Gasteiger partial charge in [-0.25, -0.2) is 9.19 Å². The summed E-state index contributed by atoms with van der Waals surface area (Å²) in [5.41, 5.74) is 3.22. The largest absolute Gasteiger partial charge is 0.494 e. The molecule has 41 heavy (non-hydrogen) atoms. The van der Waals surface area contributed by atoms with E-state index in [-0.39, 0.29) is 6.42 Å². The molecule has 220 valence electrons. The molecule has 0 saturated carbocycles. The highest BCUT2D eigenvalue weighted by atomic mass is 35.5. The number of piperazine rings is 1. The number of halogens is 1. The topological polar surface area (TPSA) is 123 Å². The van der Waals surface area contributed by atoms with Crippen LogP contribution in [-0.4, -0.2) is 83.3 Å². The van der Waals surface area contributed by atoms with Crippen LogP contribution in [-0.2, 0) is 15.8 Å². The minimum atomic E-state index is -1.20. The zero-order valence-corrected chi connectivity index (χ0v) is 25.0. The van der Waals surface area contributed by atoms with Gasteiger partial charge in [0.2, 0.25) is 5.95 Å². The lowest BCUT2D eigenvalue weighted by molar-refractivity contribution is -0.137. The van der Waals surface area contributed by atoms with E-state index in [0.717, 1.165) is 50.5 Å². The van der Waals surface area contributed by atoms with E-state index in [1.54, 1.807) is 24.7 Å². The first-order chi connectivity index (χ1) is 19.7. The van der Waals surface area contributed by atoms with Gasteiger partial charge in [0.1, 0.15) is 21.8 Å². The van der Waals surface area contributed by atoms with E-state index in [0.29, 0.717) is 40.3 Å². The van der Waals surface area contributed by atoms with Crippen LogP contribution in [0.2, 0.25) is 5.02 Å². The zero-order valence-electron chi connectivity index (χ0n) is 23.5. The first-order valence-electron chi connectivity index (χ1n) is 13.3. The van der Waals surface area contributed by atoms with Gasteiger partial charge in [0.05, 0.1) is 30.4 Å². The standard InChI is InChI=1S/C28H36ClN7O4S/c1-34(41(3)39)24-9-5-4-8-22(24)31-27-21(29)19-30-28(33-27)32-23-12-11-20(18-25(23)40-2)36-16-14-35(15-17-36)13-7-6-10-26(37)38/h4-5,8-9,11-12,18-19H,6-7,10,13-17H2,1-3H3,(H,37,38)(H2,30,31,32,33). The summed E-state index contributed by atoms with van der Waals surface area (Å²) in [6.07, 6.45) is 4.97. The average molecular weight is 602 g/mol. The summed E-state index contributed by atoms with van der Waals surface area (Å²) >= 11 is 6.42. The third kappa shape index (κ3) is 8.21. The number of methoxy groups -OCH3 is 1. The van der Waals surface area contributed by atoms with Gasteiger partial charge in [-0.15, -0.1) is 0 Å². The van der Waals surface area contributed by atoms with Crippen LogP contribution in [0.3, 0.4) is 0 Å². The fraction of sp³-hybridized carbons (Fsp3) is 0.393. The van der Waals surface area contributed by atoms with Crippen molar-refractivity contribution < 1.29 is 18.8 Å². The van der Waals surface area contributed by atoms with Gasteiger partial charge in [-0.05, 0) is 43.7 Å². The quantitative estimate of drug-likeness (QED) is 0.237. The molecule has 1 aliphatic heterocycles. The van der Waals surface area contributed by atoms with Crippen molar-refractivity contribution in [1.29, 1.82) is 0 Å². The van der Waals surface area contributed by atoms with Crippen molar-refractivity contribution in [2.24, 2.45) is 0 Å². The molecule has 2 heterocycles. The molecule has 4 rings (SSSR count). The molecule has 3 N–H and O–H groups in total. The van der Waals surface area contributed by atoms with Crippen LogP contribution in [0.4, 0.5) is 34.5 Å². The van der Waals surface area contributed by atoms with Crippen molar-refractivity contribution in [2.45, 2.75) is 19.3 Å². The fourth-order valence-corrected chi connectivity index (χ4v) is 5.15. The summed E-state index contributed by atoms with van der Waals surface area (Å²) in [5, 5.41) is 15.6. The predicted octanol–water partition coefficient (Wildman–Crippen LogP) is 4.73. The van der Waals surface area contributed by atoms with Gasteiger partial charge in [0, 0.05) is 57.7 Å². The lowest BCUT2D eigenvalue weighted by atomic mass is 10.2. The van der Waals surface area contributed by atoms with Gasteiger partial charge < -0.3 is 25.4 Å². The number of hydrogen-bond acceptors (Lipinski definition) is 9. The Morgan fingerprint density at radius 3 is 2.59 bits per heavy atom. The Morgan fingerprint density at radius 2 is 1.88 bits per heavy atom. The molecule has 2 aromatic carbocycles. The van der Waals surface area contributed by atoms with Crippen molar-refractivity contribution in [2.75, 3.05) is 73.0 Å². The summed E-state index contributed by atoms with van der Waals surface area (Å²) in [5.74, 6) is 0.666. The molecule has 13 heteroatoms. The van der Waals surface area contributed by atoms with Crippen LogP contribution in [0.15, 0.2) is 48.7 Å². The number of aromatic nitrogens is 2. The van der Waals surface area contributed by atoms with Crippen LogP contribution in [0.1, 0.15) is 19.3 Å². The van der Waals surface area contributed by atoms with Crippen LogP contribution < -0.4 is 24.6 Å². The number of anilines is 6. The predicted molar refractivity (Wildman–Crippen MR) is 166 cm³/mol. The molecular formula is C28H36ClN7O4S. The number of carboxylic acids is 1. The second-order valence-electron chi connectivity index (χ2n) is 9.64. The number of benzene rings is 2. The molecule has 0 radical (unpaired) electrons. The first-order valence-corrected chi connectivity index (χ1v) is 15.2. The molecule has 1 saturated heterocycles. The summed E-state index contributed by atoms with van der Waals surface area (Å²) in [4.78, 5) is 24.3. The minimum Gasteiger partial charge on any atom is -0.494 e. The number of aliphatic carboxylic acids is 1. The highest BCUT2D eigenvalue weighted by Gasteiger charge is 2.19. The van der Waals surface area contributed by atoms with E-state index in [9.17, 15) is 9.00 Å². The average Bonchev–Trinajstić information content (AvgIpc) is 2.97. The third-order valence-electron chi connectivity index (χ3n) is 6.91. The number of nitrogens with one attached hydrogen (secondary N) is 2. The number of para-hydroxylation sites is 2. The Morgan fingerprint density at radius 1 is 1.12 bits per heavy atom. The Balaban J connectivity index is 1.42. The SMILES string of the molecule is COc1cc(N2CCN(CCCCC(=O)O)CC2)ccc1Nc1ncc(Cl)c(Nc2ccccc2N(C)S(C)=O)n1. The van der Waals surface area contributed by atoms with E-state index in [4.69, 9.17) is 21.4 Å². The number of nitrogens with zero attached hydrogens (tertiary/aromatic N) is 5. The second kappa shape index (κ2) is 14.3. The van der Waals surface area contributed by atoms with Crippen molar-refractivity contribution in [3.8, 4) is 5.75 Å². The van der Waals surface area contributed by atoms with Gasteiger partial charge in [-0.3, -0.25) is 14.0 Å². The molecule has 1 aromatic heterocycles. The van der Waals surface area contributed by atoms with Crippen molar-refractivity contribution in [1.82, 2.24) is 14.9 Å². The maximum atomic E-state index is 12.1. The number of ether oxygens (including phenoxy) is 1. The van der Waals surface area contributed by atoms with Crippen LogP contribution in [0.5, 0.6) is 5.75 Å². The number of carboxylic acid groups (broad SMARTS) is 1. The Labute approximate surface area is 248 Å². The lowest BCUT2D eigenvalue weighted by Crippen LogP contribution is -2.46. The van der Waals surface area contributed by atoms with Crippen molar-refractivity contribution in [3.05, 3.63) is 53.7 Å². The monoisotopic (exact) mass is 601 g/mol. The fourth-order valence-electron chi connectivity index (χ4n) is 4.58.